The number of hydrogen-bond acceptors (Lipinski definition) is 7. The summed E-state index contributed by atoms with van der Waals surface area (Å²) in [6.45, 7) is 1.96. The van der Waals surface area contributed by atoms with E-state index in [4.69, 9.17) is 0 Å². The highest BCUT2D eigenvalue weighted by atomic mass is 16.6. The number of nitrogens with zero attached hydrogens (tertiary/aromatic N) is 3. The van der Waals surface area contributed by atoms with Crippen molar-refractivity contribution in [1.82, 2.24) is 4.98 Å². The third kappa shape index (κ3) is 3.43. The van der Waals surface area contributed by atoms with Crippen LogP contribution in [0.4, 0.5) is 17.1 Å². The third-order valence-electron chi connectivity index (χ3n) is 8.74. The molecular weight excluding hydrogens is 532 g/mol. The van der Waals surface area contributed by atoms with Gasteiger partial charge in [-0.2, -0.15) is 0 Å². The summed E-state index contributed by atoms with van der Waals surface area (Å²) < 4.78 is 0. The fourth-order valence-electron chi connectivity index (χ4n) is 6.99. The summed E-state index contributed by atoms with van der Waals surface area (Å²) in [4.78, 5) is 60.6. The van der Waals surface area contributed by atoms with E-state index < -0.39 is 34.1 Å². The molecule has 1 saturated heterocycles. The summed E-state index contributed by atoms with van der Waals surface area (Å²) in [7, 11) is 0. The molecule has 0 unspecified atom stereocenters. The molecule has 4 heterocycles. The summed E-state index contributed by atoms with van der Waals surface area (Å²) in [6, 6.07) is 21.8. The van der Waals surface area contributed by atoms with Gasteiger partial charge in [0.15, 0.2) is 11.6 Å². The number of benzene rings is 3. The second-order valence-electron chi connectivity index (χ2n) is 10.8. The maximum Gasteiger partial charge on any atom is 0.269 e. The third-order valence-corrected chi connectivity index (χ3v) is 8.74. The molecule has 206 valence electrons. The van der Waals surface area contributed by atoms with E-state index in [1.807, 2.05) is 60.4 Å². The van der Waals surface area contributed by atoms with Crippen molar-refractivity contribution in [2.24, 2.45) is 5.92 Å². The van der Waals surface area contributed by atoms with Gasteiger partial charge in [-0.05, 0) is 54.5 Å². The summed E-state index contributed by atoms with van der Waals surface area (Å²) >= 11 is 0. The van der Waals surface area contributed by atoms with E-state index in [0.29, 0.717) is 11.3 Å². The van der Waals surface area contributed by atoms with Crippen LogP contribution in [0.15, 0.2) is 103 Å². The molecule has 4 atom stereocenters. The molecule has 42 heavy (non-hydrogen) atoms. The van der Waals surface area contributed by atoms with E-state index in [-0.39, 0.29) is 28.5 Å². The fraction of sp³-hybridized carbons (Fsp3) is 0.152. The lowest BCUT2D eigenvalue weighted by atomic mass is 9.64. The van der Waals surface area contributed by atoms with E-state index in [1.54, 1.807) is 24.4 Å². The zero-order valence-electron chi connectivity index (χ0n) is 22.4. The Kier molecular flexibility index (Phi) is 5.65. The molecule has 0 saturated carbocycles. The minimum absolute atomic E-state index is 0.152. The number of Topliss-reactive ketones (excluding diaryl/α,β-unsaturated/α-hetero) is 2. The van der Waals surface area contributed by atoms with Gasteiger partial charge in [0.25, 0.3) is 5.69 Å². The smallest absolute Gasteiger partial charge is 0.269 e. The van der Waals surface area contributed by atoms with Crippen molar-refractivity contribution in [2.75, 3.05) is 10.2 Å². The van der Waals surface area contributed by atoms with Gasteiger partial charge in [0.05, 0.1) is 16.9 Å². The highest BCUT2D eigenvalue weighted by molar-refractivity contribution is 6.18. The van der Waals surface area contributed by atoms with Crippen LogP contribution in [0.2, 0.25) is 0 Å². The molecule has 9 heteroatoms. The van der Waals surface area contributed by atoms with Crippen LogP contribution in [0.1, 0.15) is 38.8 Å². The first-order valence-electron chi connectivity index (χ1n) is 13.5. The topological polar surface area (TPSA) is 123 Å². The Balaban J connectivity index is 1.53. The average molecular weight is 557 g/mol. The van der Waals surface area contributed by atoms with Crippen LogP contribution in [-0.2, 0) is 10.2 Å². The Morgan fingerprint density at radius 1 is 0.929 bits per heavy atom. The SMILES string of the molecule is CC1=C[C@@H]2N(c3ccccc31)[C@H](C(=O)c1ccc([N+](=O)[O-])cc1)[C@@H](C(=O)c1cccnc1)[C@]21C(=O)Nc2ccccc21. The molecule has 3 aromatic carbocycles. The van der Waals surface area contributed by atoms with Gasteiger partial charge in [0.2, 0.25) is 5.91 Å². The van der Waals surface area contributed by atoms with Crippen LogP contribution in [0.3, 0.4) is 0 Å². The second-order valence-corrected chi connectivity index (χ2v) is 10.8. The van der Waals surface area contributed by atoms with E-state index in [9.17, 15) is 24.5 Å². The monoisotopic (exact) mass is 556 g/mol. The molecule has 1 aromatic heterocycles. The van der Waals surface area contributed by atoms with Crippen molar-refractivity contribution in [3.05, 3.63) is 136 Å². The van der Waals surface area contributed by atoms with E-state index >= 15 is 0 Å². The Hall–Kier alpha value is -5.44. The summed E-state index contributed by atoms with van der Waals surface area (Å²) in [5.41, 5.74) is 2.71. The van der Waals surface area contributed by atoms with Gasteiger partial charge in [0, 0.05) is 52.6 Å². The van der Waals surface area contributed by atoms with Gasteiger partial charge in [0.1, 0.15) is 11.5 Å². The average Bonchev–Trinajstić information content (AvgIpc) is 3.49. The van der Waals surface area contributed by atoms with Gasteiger partial charge in [-0.3, -0.25) is 29.5 Å². The number of non-ortho nitro benzene ring substituents is 1. The molecule has 3 aliphatic heterocycles. The van der Waals surface area contributed by atoms with Gasteiger partial charge in [-0.15, -0.1) is 0 Å². The second kappa shape index (κ2) is 9.31. The molecule has 1 N–H and O–H groups in total. The number of carbonyl (C=O) groups is 3. The number of allylic oxidation sites excluding steroid dienone is 1. The number of nitrogens with one attached hydrogen (secondary N) is 1. The van der Waals surface area contributed by atoms with Crippen molar-refractivity contribution in [3.8, 4) is 0 Å². The van der Waals surface area contributed by atoms with Crippen LogP contribution in [-0.4, -0.2) is 39.5 Å². The lowest BCUT2D eigenvalue weighted by Gasteiger charge is -2.39. The number of ketones is 2. The van der Waals surface area contributed by atoms with Crippen molar-refractivity contribution in [3.63, 3.8) is 0 Å². The number of aromatic nitrogens is 1. The van der Waals surface area contributed by atoms with Crippen LogP contribution >= 0.6 is 0 Å². The molecule has 4 aromatic rings. The first-order valence-corrected chi connectivity index (χ1v) is 13.5. The molecule has 7 rings (SSSR count). The zero-order chi connectivity index (χ0) is 29.2. The first-order chi connectivity index (χ1) is 20.3. The lowest BCUT2D eigenvalue weighted by molar-refractivity contribution is -0.384. The van der Waals surface area contributed by atoms with Gasteiger partial charge in [-0.1, -0.05) is 42.5 Å². The van der Waals surface area contributed by atoms with E-state index in [2.05, 4.69) is 10.3 Å². The van der Waals surface area contributed by atoms with Crippen LogP contribution in [0.25, 0.3) is 5.57 Å². The normalized spacial score (nSPS) is 23.5. The Bertz CT molecular complexity index is 1830. The van der Waals surface area contributed by atoms with Gasteiger partial charge < -0.3 is 10.2 Å². The van der Waals surface area contributed by atoms with Crippen molar-refractivity contribution in [2.45, 2.75) is 24.4 Å². The number of fused-ring (bicyclic) bond motifs is 6. The quantitative estimate of drug-likeness (QED) is 0.203. The number of carbonyl (C=O) groups excluding carboxylic acids is 3. The van der Waals surface area contributed by atoms with Crippen molar-refractivity contribution < 1.29 is 19.3 Å². The molecule has 9 nitrogen and oxygen atoms in total. The molecule has 1 amide bonds. The zero-order valence-corrected chi connectivity index (χ0v) is 22.4. The molecule has 0 bridgehead atoms. The number of nitro groups is 1. The van der Waals surface area contributed by atoms with Crippen LogP contribution in [0.5, 0.6) is 0 Å². The highest BCUT2D eigenvalue weighted by Crippen LogP contribution is 2.58. The standard InChI is InChI=1S/C33H24N4O5/c1-19-17-27-33(24-9-3-4-10-25(24)35-32(33)40)28(30(38)21-7-6-16-34-18-21)29(36(27)26-11-5-2-8-23(19)26)31(39)20-12-14-22(15-13-20)37(41)42/h2-18,27-29H,1H3,(H,35,40)/t27-,28-,29-,33+/m0/s1. The molecule has 0 aliphatic carbocycles. The van der Waals surface area contributed by atoms with Crippen LogP contribution < -0.4 is 10.2 Å². The van der Waals surface area contributed by atoms with Crippen molar-refractivity contribution in [1.29, 1.82) is 0 Å². The largest absolute Gasteiger partial charge is 0.352 e. The van der Waals surface area contributed by atoms with E-state index in [0.717, 1.165) is 16.8 Å². The lowest BCUT2D eigenvalue weighted by Crippen LogP contribution is -2.51. The number of rotatable bonds is 5. The number of amides is 1. The number of hydrogen-bond donors (Lipinski definition) is 1. The van der Waals surface area contributed by atoms with E-state index in [1.165, 1.54) is 30.5 Å². The van der Waals surface area contributed by atoms with Gasteiger partial charge >= 0.3 is 0 Å². The Labute approximate surface area is 240 Å². The van der Waals surface area contributed by atoms with Gasteiger partial charge in [-0.25, -0.2) is 0 Å². The predicted molar refractivity (Wildman–Crippen MR) is 156 cm³/mol. The minimum atomic E-state index is -1.45. The maximum absolute atomic E-state index is 14.7. The molecule has 0 radical (unpaired) electrons. The molecule has 1 spiro atoms. The summed E-state index contributed by atoms with van der Waals surface area (Å²) in [6.07, 6.45) is 5.00. The highest BCUT2D eigenvalue weighted by Gasteiger charge is 2.70. The fourth-order valence-corrected chi connectivity index (χ4v) is 6.99. The molecule has 3 aliphatic rings. The number of anilines is 2. The Morgan fingerprint density at radius 3 is 2.40 bits per heavy atom. The summed E-state index contributed by atoms with van der Waals surface area (Å²) in [5, 5.41) is 14.3. The summed E-state index contributed by atoms with van der Waals surface area (Å²) in [5.74, 6) is -2.29. The number of nitro benzene ring substituents is 1. The van der Waals surface area contributed by atoms with Crippen LogP contribution in [0, 0.1) is 16.0 Å². The minimum Gasteiger partial charge on any atom is -0.352 e. The molecular formula is C33H24N4O5. The predicted octanol–water partition coefficient (Wildman–Crippen LogP) is 5.24. The van der Waals surface area contributed by atoms with Crippen molar-refractivity contribution >= 4 is 40.1 Å². The Morgan fingerprint density at radius 2 is 1.67 bits per heavy atom. The first kappa shape index (κ1) is 25.5. The molecule has 1 fully saturated rings. The number of pyridine rings is 1. The number of para-hydroxylation sites is 2. The maximum atomic E-state index is 14.7.